The summed E-state index contributed by atoms with van der Waals surface area (Å²) in [6.45, 7) is 0.499. The van der Waals surface area contributed by atoms with Gasteiger partial charge in [-0.15, -0.1) is 0 Å². The number of likely N-dealkylation sites (N-methyl/N-ethyl adjacent to an activating group) is 1. The highest BCUT2D eigenvalue weighted by Gasteiger charge is 2.42. The lowest BCUT2D eigenvalue weighted by atomic mass is 9.79. The van der Waals surface area contributed by atoms with E-state index < -0.39 is 5.92 Å². The van der Waals surface area contributed by atoms with Gasteiger partial charge >= 0.3 is 0 Å². The highest BCUT2D eigenvalue weighted by Crippen LogP contribution is 2.41. The Morgan fingerprint density at radius 2 is 1.89 bits per heavy atom. The fourth-order valence-electron chi connectivity index (χ4n) is 3.88. The summed E-state index contributed by atoms with van der Waals surface area (Å²) in [7, 11) is 1.76. The van der Waals surface area contributed by atoms with E-state index in [1.54, 1.807) is 30.5 Å². The second-order valence-corrected chi connectivity index (χ2v) is 6.95. The van der Waals surface area contributed by atoms with Crippen molar-refractivity contribution in [3.8, 4) is 0 Å². The van der Waals surface area contributed by atoms with Crippen LogP contribution in [0.5, 0.6) is 0 Å². The van der Waals surface area contributed by atoms with Crippen LogP contribution in [0.4, 0.5) is 0 Å². The van der Waals surface area contributed by atoms with Gasteiger partial charge in [0.1, 0.15) is 0 Å². The molecule has 6 heteroatoms. The van der Waals surface area contributed by atoms with Gasteiger partial charge in [0.15, 0.2) is 0 Å². The van der Waals surface area contributed by atoms with Crippen molar-refractivity contribution in [2.45, 2.75) is 18.4 Å². The predicted octanol–water partition coefficient (Wildman–Crippen LogP) is 2.68. The van der Waals surface area contributed by atoms with Crippen molar-refractivity contribution in [3.05, 3.63) is 89.5 Å². The van der Waals surface area contributed by atoms with E-state index in [4.69, 9.17) is 0 Å². The average Bonchev–Trinajstić information content (AvgIpc) is 3.24. The molecule has 0 aliphatic carbocycles. The highest BCUT2D eigenvalue weighted by molar-refractivity contribution is 6.01. The number of rotatable bonds is 5. The molecular formula is C22H22N4O2. The van der Waals surface area contributed by atoms with Crippen LogP contribution in [0, 0.1) is 0 Å². The molecule has 2 N–H and O–H groups in total. The number of H-pyrrole nitrogens is 1. The first-order valence-electron chi connectivity index (χ1n) is 9.33. The number of hydrogen-bond donors (Lipinski definition) is 2. The molecule has 1 aromatic heterocycles. The molecule has 0 unspecified atom stereocenters. The van der Waals surface area contributed by atoms with Crippen molar-refractivity contribution < 1.29 is 9.59 Å². The quantitative estimate of drug-likeness (QED) is 0.721. The Kier molecular flexibility index (Phi) is 4.93. The summed E-state index contributed by atoms with van der Waals surface area (Å²) in [5, 5.41) is 3.04. The van der Waals surface area contributed by atoms with E-state index in [9.17, 15) is 9.59 Å². The largest absolute Gasteiger partial charge is 0.355 e. The maximum Gasteiger partial charge on any atom is 0.254 e. The maximum absolute atomic E-state index is 13.3. The third-order valence-electron chi connectivity index (χ3n) is 5.25. The Morgan fingerprint density at radius 1 is 1.14 bits per heavy atom. The van der Waals surface area contributed by atoms with Crippen molar-refractivity contribution in [2.24, 2.45) is 0 Å². The molecule has 0 fully saturated rings. The standard InChI is InChI=1S/C22H22N4O2/c1-26-20(15-7-3-2-4-8-15)19(17-9-5-6-10-18(17)22(26)28)21(27)24-12-11-16-13-23-14-25-16/h2-10,13-14,19-20H,11-12H2,1H3,(H,23,25)(H,24,27)/t19-,20+/m0/s1. The van der Waals surface area contributed by atoms with Gasteiger partial charge in [0, 0.05) is 37.5 Å². The molecule has 6 nitrogen and oxygen atoms in total. The fraction of sp³-hybridized carbons (Fsp3) is 0.227. The molecular weight excluding hydrogens is 352 g/mol. The molecule has 2 amide bonds. The van der Waals surface area contributed by atoms with Crippen LogP contribution in [0.1, 0.15) is 39.1 Å². The first kappa shape index (κ1) is 18.0. The molecule has 0 radical (unpaired) electrons. The number of carbonyl (C=O) groups excluding carboxylic acids is 2. The Labute approximate surface area is 163 Å². The van der Waals surface area contributed by atoms with Gasteiger partial charge in [-0.2, -0.15) is 0 Å². The third kappa shape index (κ3) is 3.29. The molecule has 28 heavy (non-hydrogen) atoms. The van der Waals surface area contributed by atoms with Gasteiger partial charge in [0.05, 0.1) is 18.3 Å². The zero-order chi connectivity index (χ0) is 19.5. The number of aromatic amines is 1. The average molecular weight is 374 g/mol. The van der Waals surface area contributed by atoms with Crippen LogP contribution >= 0.6 is 0 Å². The van der Waals surface area contributed by atoms with Gasteiger partial charge < -0.3 is 15.2 Å². The van der Waals surface area contributed by atoms with Crippen molar-refractivity contribution in [1.29, 1.82) is 0 Å². The SMILES string of the molecule is CN1C(=O)c2ccccc2[C@H](C(=O)NCCc2cnc[nH]2)[C@H]1c1ccccc1. The minimum Gasteiger partial charge on any atom is -0.355 e. The summed E-state index contributed by atoms with van der Waals surface area (Å²) in [5.41, 5.74) is 3.28. The fourth-order valence-corrected chi connectivity index (χ4v) is 3.88. The second-order valence-electron chi connectivity index (χ2n) is 6.95. The Hall–Kier alpha value is -3.41. The van der Waals surface area contributed by atoms with E-state index in [2.05, 4.69) is 15.3 Å². The number of imidazole rings is 1. The van der Waals surface area contributed by atoms with Gasteiger partial charge in [-0.1, -0.05) is 48.5 Å². The first-order valence-corrected chi connectivity index (χ1v) is 9.33. The topological polar surface area (TPSA) is 78.1 Å². The number of nitrogens with one attached hydrogen (secondary N) is 2. The smallest absolute Gasteiger partial charge is 0.254 e. The van der Waals surface area contributed by atoms with Crippen LogP contribution in [-0.4, -0.2) is 40.3 Å². The zero-order valence-electron chi connectivity index (χ0n) is 15.6. The van der Waals surface area contributed by atoms with Gasteiger partial charge in [0.25, 0.3) is 5.91 Å². The number of aromatic nitrogens is 2. The van der Waals surface area contributed by atoms with E-state index in [1.807, 2.05) is 48.5 Å². The molecule has 0 bridgehead atoms. The second kappa shape index (κ2) is 7.68. The van der Waals surface area contributed by atoms with Crippen molar-refractivity contribution >= 4 is 11.8 Å². The van der Waals surface area contributed by atoms with E-state index in [1.165, 1.54) is 0 Å². The normalized spacial score (nSPS) is 18.6. The highest BCUT2D eigenvalue weighted by atomic mass is 16.2. The number of amides is 2. The summed E-state index contributed by atoms with van der Waals surface area (Å²) in [6, 6.07) is 16.8. The first-order chi connectivity index (χ1) is 13.7. The predicted molar refractivity (Wildman–Crippen MR) is 106 cm³/mol. The molecule has 3 aromatic rings. The van der Waals surface area contributed by atoms with Crippen LogP contribution in [-0.2, 0) is 11.2 Å². The molecule has 2 aromatic carbocycles. The summed E-state index contributed by atoms with van der Waals surface area (Å²) in [4.78, 5) is 34.9. The van der Waals surface area contributed by atoms with Crippen LogP contribution < -0.4 is 5.32 Å². The van der Waals surface area contributed by atoms with Crippen LogP contribution in [0.3, 0.4) is 0 Å². The lowest BCUT2D eigenvalue weighted by Crippen LogP contribution is -2.45. The molecule has 142 valence electrons. The minimum absolute atomic E-state index is 0.0639. The summed E-state index contributed by atoms with van der Waals surface area (Å²) in [5.74, 6) is -0.616. The molecule has 4 rings (SSSR count). The zero-order valence-corrected chi connectivity index (χ0v) is 15.6. The summed E-state index contributed by atoms with van der Waals surface area (Å²) >= 11 is 0. The Balaban J connectivity index is 1.66. The lowest BCUT2D eigenvalue weighted by Gasteiger charge is -2.39. The summed E-state index contributed by atoms with van der Waals surface area (Å²) in [6.07, 6.45) is 4.05. The monoisotopic (exact) mass is 374 g/mol. The van der Waals surface area contributed by atoms with E-state index in [0.29, 0.717) is 18.5 Å². The molecule has 0 saturated heterocycles. The number of carbonyl (C=O) groups is 2. The Bertz CT molecular complexity index is 969. The van der Waals surface area contributed by atoms with E-state index in [0.717, 1.165) is 16.8 Å². The van der Waals surface area contributed by atoms with Crippen molar-refractivity contribution in [1.82, 2.24) is 20.2 Å². The molecule has 0 spiro atoms. The molecule has 1 aliphatic heterocycles. The minimum atomic E-state index is -0.469. The van der Waals surface area contributed by atoms with Crippen LogP contribution in [0.2, 0.25) is 0 Å². The lowest BCUT2D eigenvalue weighted by molar-refractivity contribution is -0.124. The van der Waals surface area contributed by atoms with Gasteiger partial charge in [-0.3, -0.25) is 9.59 Å². The van der Waals surface area contributed by atoms with E-state index in [-0.39, 0.29) is 17.9 Å². The van der Waals surface area contributed by atoms with Crippen LogP contribution in [0.15, 0.2) is 67.1 Å². The molecule has 2 atom stereocenters. The van der Waals surface area contributed by atoms with Gasteiger partial charge in [-0.05, 0) is 17.2 Å². The van der Waals surface area contributed by atoms with Crippen molar-refractivity contribution in [2.75, 3.05) is 13.6 Å². The number of nitrogens with zero attached hydrogens (tertiary/aromatic N) is 2. The Morgan fingerprint density at radius 3 is 2.64 bits per heavy atom. The van der Waals surface area contributed by atoms with Gasteiger partial charge in [0.2, 0.25) is 5.91 Å². The maximum atomic E-state index is 13.3. The number of fused-ring (bicyclic) bond motifs is 1. The third-order valence-corrected chi connectivity index (χ3v) is 5.25. The molecule has 2 heterocycles. The van der Waals surface area contributed by atoms with E-state index >= 15 is 0 Å². The number of benzene rings is 2. The number of hydrogen-bond acceptors (Lipinski definition) is 3. The summed E-state index contributed by atoms with van der Waals surface area (Å²) < 4.78 is 0. The molecule has 0 saturated carbocycles. The van der Waals surface area contributed by atoms with Crippen LogP contribution in [0.25, 0.3) is 0 Å². The van der Waals surface area contributed by atoms with Crippen molar-refractivity contribution in [3.63, 3.8) is 0 Å². The molecule has 1 aliphatic rings. The van der Waals surface area contributed by atoms with Gasteiger partial charge in [-0.25, -0.2) is 4.98 Å².